The van der Waals surface area contributed by atoms with Gasteiger partial charge >= 0.3 is 0 Å². The Bertz CT molecular complexity index is 508. The van der Waals surface area contributed by atoms with Crippen LogP contribution in [0.15, 0.2) is 29.2 Å². The van der Waals surface area contributed by atoms with Crippen LogP contribution in [0.4, 0.5) is 5.69 Å². The maximum absolute atomic E-state index is 6.11. The molecule has 1 aromatic heterocycles. The number of hydrogen-bond acceptors (Lipinski definition) is 3. The Balaban J connectivity index is 2.44. The molecule has 2 N–H and O–H groups in total. The van der Waals surface area contributed by atoms with Gasteiger partial charge in [0.1, 0.15) is 0 Å². The third-order valence-electron chi connectivity index (χ3n) is 2.54. The van der Waals surface area contributed by atoms with Crippen molar-refractivity contribution < 1.29 is 0 Å². The summed E-state index contributed by atoms with van der Waals surface area (Å²) in [6.07, 6.45) is 1.05. The second-order valence-corrected chi connectivity index (χ2v) is 4.52. The quantitative estimate of drug-likeness (QED) is 0.713. The first kappa shape index (κ1) is 8.12. The minimum Gasteiger partial charge on any atom is -0.397 e. The molecule has 0 saturated carbocycles. The van der Waals surface area contributed by atoms with Crippen LogP contribution in [0.3, 0.4) is 0 Å². The zero-order valence-corrected chi connectivity index (χ0v) is 8.47. The lowest BCUT2D eigenvalue weighted by Gasteiger charge is -2.06. The van der Waals surface area contributed by atoms with Gasteiger partial charge in [0.05, 0.1) is 21.8 Å². The van der Waals surface area contributed by atoms with Crippen molar-refractivity contribution in [1.29, 1.82) is 0 Å². The van der Waals surface area contributed by atoms with Crippen LogP contribution in [0.25, 0.3) is 10.9 Å². The number of aromatic nitrogens is 1. The van der Waals surface area contributed by atoms with Crippen LogP contribution in [0.1, 0.15) is 5.69 Å². The smallest absolute Gasteiger partial charge is 0.0726 e. The SMILES string of the molecule is Nc1c2c(nc3ccccc13)CCS2. The molecule has 2 nitrogen and oxygen atoms in total. The normalized spacial score (nSPS) is 14.6. The molecule has 2 heterocycles. The van der Waals surface area contributed by atoms with Crippen LogP contribution in [-0.4, -0.2) is 10.7 Å². The van der Waals surface area contributed by atoms with Gasteiger partial charge in [0, 0.05) is 17.6 Å². The molecule has 3 heteroatoms. The van der Waals surface area contributed by atoms with Gasteiger partial charge in [-0.2, -0.15) is 0 Å². The molecule has 0 amide bonds. The van der Waals surface area contributed by atoms with Crippen LogP contribution in [0.5, 0.6) is 0 Å². The van der Waals surface area contributed by atoms with Crippen molar-refractivity contribution in [3.05, 3.63) is 30.0 Å². The summed E-state index contributed by atoms with van der Waals surface area (Å²) >= 11 is 1.82. The van der Waals surface area contributed by atoms with E-state index < -0.39 is 0 Å². The van der Waals surface area contributed by atoms with E-state index in [1.54, 1.807) is 0 Å². The fraction of sp³-hybridized carbons (Fsp3) is 0.182. The highest BCUT2D eigenvalue weighted by Gasteiger charge is 2.17. The topological polar surface area (TPSA) is 38.9 Å². The van der Waals surface area contributed by atoms with E-state index in [9.17, 15) is 0 Å². The van der Waals surface area contributed by atoms with E-state index in [0.29, 0.717) is 0 Å². The van der Waals surface area contributed by atoms with E-state index in [0.717, 1.165) is 28.8 Å². The van der Waals surface area contributed by atoms with E-state index in [1.165, 1.54) is 10.6 Å². The average molecular weight is 202 g/mol. The molecule has 14 heavy (non-hydrogen) atoms. The Labute approximate surface area is 86.5 Å². The zero-order valence-electron chi connectivity index (χ0n) is 7.66. The number of nitrogens with two attached hydrogens (primary N) is 1. The Kier molecular flexibility index (Phi) is 1.67. The first-order valence-electron chi connectivity index (χ1n) is 4.66. The van der Waals surface area contributed by atoms with Crippen molar-refractivity contribution in [3.8, 4) is 0 Å². The number of rotatable bonds is 0. The molecule has 0 radical (unpaired) electrons. The molecule has 3 rings (SSSR count). The average Bonchev–Trinajstić information content (AvgIpc) is 2.66. The number of pyridine rings is 1. The molecule has 0 unspecified atom stereocenters. The van der Waals surface area contributed by atoms with Gasteiger partial charge in [0.15, 0.2) is 0 Å². The number of para-hydroxylation sites is 1. The third-order valence-corrected chi connectivity index (χ3v) is 3.69. The van der Waals surface area contributed by atoms with Gasteiger partial charge in [0.25, 0.3) is 0 Å². The van der Waals surface area contributed by atoms with Crippen LogP contribution >= 0.6 is 11.8 Å². The molecular weight excluding hydrogens is 192 g/mol. The number of benzene rings is 1. The van der Waals surface area contributed by atoms with Crippen LogP contribution < -0.4 is 5.73 Å². The lowest BCUT2D eigenvalue weighted by molar-refractivity contribution is 1.05. The minimum atomic E-state index is 0.910. The Morgan fingerprint density at radius 2 is 2.14 bits per heavy atom. The van der Waals surface area contributed by atoms with Gasteiger partial charge in [-0.25, -0.2) is 0 Å². The summed E-state index contributed by atoms with van der Waals surface area (Å²) in [6, 6.07) is 8.07. The number of thioether (sulfide) groups is 1. The summed E-state index contributed by atoms with van der Waals surface area (Å²) in [5.41, 5.74) is 9.21. The summed E-state index contributed by atoms with van der Waals surface area (Å²) in [5.74, 6) is 1.11. The second kappa shape index (κ2) is 2.89. The van der Waals surface area contributed by atoms with Crippen molar-refractivity contribution in [2.75, 3.05) is 11.5 Å². The van der Waals surface area contributed by atoms with E-state index in [1.807, 2.05) is 36.0 Å². The highest BCUT2D eigenvalue weighted by atomic mass is 32.2. The fourth-order valence-corrected chi connectivity index (χ4v) is 2.93. The van der Waals surface area contributed by atoms with Gasteiger partial charge in [-0.3, -0.25) is 4.98 Å². The van der Waals surface area contributed by atoms with E-state index in [2.05, 4.69) is 4.98 Å². The van der Waals surface area contributed by atoms with Crippen LogP contribution in [-0.2, 0) is 6.42 Å². The number of fused-ring (bicyclic) bond motifs is 2. The zero-order chi connectivity index (χ0) is 9.54. The van der Waals surface area contributed by atoms with Crippen molar-refractivity contribution >= 4 is 28.4 Å². The predicted molar refractivity (Wildman–Crippen MR) is 60.6 cm³/mol. The summed E-state index contributed by atoms with van der Waals surface area (Å²) in [4.78, 5) is 5.81. The van der Waals surface area contributed by atoms with Gasteiger partial charge in [-0.15, -0.1) is 11.8 Å². The predicted octanol–water partition coefficient (Wildman–Crippen LogP) is 2.47. The molecule has 0 fully saturated rings. The maximum Gasteiger partial charge on any atom is 0.0726 e. The molecule has 0 atom stereocenters. The van der Waals surface area contributed by atoms with Gasteiger partial charge < -0.3 is 5.73 Å². The summed E-state index contributed by atoms with van der Waals surface area (Å²) in [5, 5.41) is 1.08. The third kappa shape index (κ3) is 1.02. The number of hydrogen-bond donors (Lipinski definition) is 1. The van der Waals surface area contributed by atoms with Gasteiger partial charge in [-0.1, -0.05) is 18.2 Å². The number of nitrogen functional groups attached to an aromatic ring is 1. The molecule has 0 spiro atoms. The van der Waals surface area contributed by atoms with Crippen LogP contribution in [0, 0.1) is 0 Å². The molecule has 0 aliphatic carbocycles. The second-order valence-electron chi connectivity index (χ2n) is 3.42. The molecule has 0 bridgehead atoms. The van der Waals surface area contributed by atoms with Crippen molar-refractivity contribution in [2.45, 2.75) is 11.3 Å². The molecule has 1 aromatic carbocycles. The molecule has 1 aliphatic rings. The summed E-state index contributed by atoms with van der Waals surface area (Å²) < 4.78 is 0. The lowest BCUT2D eigenvalue weighted by atomic mass is 10.1. The number of nitrogens with zero attached hydrogens (tertiary/aromatic N) is 1. The molecule has 1 aliphatic heterocycles. The van der Waals surface area contributed by atoms with E-state index in [-0.39, 0.29) is 0 Å². The van der Waals surface area contributed by atoms with E-state index >= 15 is 0 Å². The van der Waals surface area contributed by atoms with Crippen LogP contribution in [0.2, 0.25) is 0 Å². The number of anilines is 1. The summed E-state index contributed by atoms with van der Waals surface area (Å²) in [6.45, 7) is 0. The minimum absolute atomic E-state index is 0.910. The molecule has 2 aromatic rings. The first-order chi connectivity index (χ1) is 6.86. The Hall–Kier alpha value is -1.22. The molecule has 0 saturated heterocycles. The van der Waals surface area contributed by atoms with Gasteiger partial charge in [0.2, 0.25) is 0 Å². The van der Waals surface area contributed by atoms with Crippen molar-refractivity contribution in [3.63, 3.8) is 0 Å². The highest BCUT2D eigenvalue weighted by molar-refractivity contribution is 7.99. The molecule has 70 valence electrons. The fourth-order valence-electron chi connectivity index (χ4n) is 1.85. The first-order valence-corrected chi connectivity index (χ1v) is 5.65. The number of aryl methyl sites for hydroxylation is 1. The van der Waals surface area contributed by atoms with E-state index in [4.69, 9.17) is 5.73 Å². The summed E-state index contributed by atoms with van der Waals surface area (Å²) in [7, 11) is 0. The Morgan fingerprint density at radius 3 is 3.07 bits per heavy atom. The monoisotopic (exact) mass is 202 g/mol. The standard InChI is InChI=1S/C11H10N2S/c12-10-7-3-1-2-4-8(7)13-9-5-6-14-11(9)10/h1-4H,5-6H2,(H2,12,13). The van der Waals surface area contributed by atoms with Crippen molar-refractivity contribution in [2.24, 2.45) is 0 Å². The highest BCUT2D eigenvalue weighted by Crippen LogP contribution is 2.38. The van der Waals surface area contributed by atoms with Gasteiger partial charge in [-0.05, 0) is 6.07 Å². The maximum atomic E-state index is 6.11. The molecular formula is C11H10N2S. The largest absolute Gasteiger partial charge is 0.397 e. The Morgan fingerprint density at radius 1 is 1.29 bits per heavy atom. The lowest BCUT2D eigenvalue weighted by Crippen LogP contribution is -1.95. The van der Waals surface area contributed by atoms with Crippen molar-refractivity contribution in [1.82, 2.24) is 4.98 Å².